The SMILES string of the molecule is C=CCNC(=O)c1ccccc1NC(=O)c1cccc(OCc2ccccc2)c1. The lowest BCUT2D eigenvalue weighted by molar-refractivity contribution is 0.0959. The standard InChI is InChI=1S/C24H22N2O3/c1-2-15-25-24(28)21-13-6-7-14-22(21)26-23(27)19-11-8-12-20(16-19)29-17-18-9-4-3-5-10-18/h2-14,16H,1,15,17H2,(H,25,28)(H,26,27). The average Bonchev–Trinajstić information content (AvgIpc) is 2.77. The van der Waals surface area contributed by atoms with Gasteiger partial charge in [0.05, 0.1) is 11.3 Å². The fraction of sp³-hybridized carbons (Fsp3) is 0.0833. The number of anilines is 1. The van der Waals surface area contributed by atoms with Crippen molar-refractivity contribution >= 4 is 17.5 Å². The number of benzene rings is 3. The van der Waals surface area contributed by atoms with Gasteiger partial charge in [0.15, 0.2) is 0 Å². The maximum atomic E-state index is 12.7. The highest BCUT2D eigenvalue weighted by Crippen LogP contribution is 2.19. The Hall–Kier alpha value is -3.86. The Kier molecular flexibility index (Phi) is 6.79. The van der Waals surface area contributed by atoms with Gasteiger partial charge in [-0.3, -0.25) is 9.59 Å². The second-order valence-corrected chi connectivity index (χ2v) is 6.30. The number of nitrogens with one attached hydrogen (secondary N) is 2. The van der Waals surface area contributed by atoms with Gasteiger partial charge in [-0.15, -0.1) is 6.58 Å². The number of carbonyl (C=O) groups excluding carboxylic acids is 2. The van der Waals surface area contributed by atoms with Crippen LogP contribution in [0, 0.1) is 0 Å². The van der Waals surface area contributed by atoms with Crippen molar-refractivity contribution in [2.45, 2.75) is 6.61 Å². The van der Waals surface area contributed by atoms with Crippen molar-refractivity contribution in [1.29, 1.82) is 0 Å². The first-order valence-electron chi connectivity index (χ1n) is 9.23. The van der Waals surface area contributed by atoms with Crippen molar-refractivity contribution in [3.63, 3.8) is 0 Å². The van der Waals surface area contributed by atoms with Gasteiger partial charge in [-0.1, -0.05) is 54.6 Å². The van der Waals surface area contributed by atoms with Crippen LogP contribution in [0.25, 0.3) is 0 Å². The molecule has 0 aliphatic heterocycles. The Morgan fingerprint density at radius 1 is 0.897 bits per heavy atom. The molecule has 2 amide bonds. The summed E-state index contributed by atoms with van der Waals surface area (Å²) in [6.45, 7) is 4.35. The van der Waals surface area contributed by atoms with Crippen LogP contribution in [0.5, 0.6) is 5.75 Å². The van der Waals surface area contributed by atoms with Crippen molar-refractivity contribution in [3.05, 3.63) is 108 Å². The number of para-hydroxylation sites is 1. The lowest BCUT2D eigenvalue weighted by Crippen LogP contribution is -2.25. The maximum Gasteiger partial charge on any atom is 0.255 e. The molecule has 0 fully saturated rings. The summed E-state index contributed by atoms with van der Waals surface area (Å²) in [6.07, 6.45) is 1.60. The van der Waals surface area contributed by atoms with Crippen molar-refractivity contribution in [3.8, 4) is 5.75 Å². The van der Waals surface area contributed by atoms with E-state index in [0.717, 1.165) is 5.56 Å². The second-order valence-electron chi connectivity index (χ2n) is 6.30. The van der Waals surface area contributed by atoms with Crippen molar-refractivity contribution < 1.29 is 14.3 Å². The van der Waals surface area contributed by atoms with Crippen LogP contribution < -0.4 is 15.4 Å². The third-order valence-electron chi connectivity index (χ3n) is 4.17. The summed E-state index contributed by atoms with van der Waals surface area (Å²) in [5, 5.41) is 5.52. The van der Waals surface area contributed by atoms with E-state index in [4.69, 9.17) is 4.74 Å². The molecule has 0 saturated heterocycles. The van der Waals surface area contributed by atoms with Crippen molar-refractivity contribution in [2.75, 3.05) is 11.9 Å². The van der Waals surface area contributed by atoms with Crippen LogP contribution in [-0.4, -0.2) is 18.4 Å². The summed E-state index contributed by atoms with van der Waals surface area (Å²) in [6, 6.07) is 23.6. The van der Waals surface area contributed by atoms with Crippen molar-refractivity contribution in [2.24, 2.45) is 0 Å². The minimum Gasteiger partial charge on any atom is -0.489 e. The van der Waals surface area contributed by atoms with Crippen LogP contribution in [0.1, 0.15) is 26.3 Å². The first-order chi connectivity index (χ1) is 14.2. The third kappa shape index (κ3) is 5.56. The van der Waals surface area contributed by atoms with Gasteiger partial charge in [-0.2, -0.15) is 0 Å². The Bertz CT molecular complexity index is 1000. The Morgan fingerprint density at radius 2 is 1.66 bits per heavy atom. The summed E-state index contributed by atoms with van der Waals surface area (Å²) < 4.78 is 5.79. The van der Waals surface area contributed by atoms with Gasteiger partial charge in [-0.05, 0) is 35.9 Å². The van der Waals surface area contributed by atoms with Crippen LogP contribution in [0.2, 0.25) is 0 Å². The van der Waals surface area contributed by atoms with Gasteiger partial charge in [0.2, 0.25) is 0 Å². The first-order valence-corrected chi connectivity index (χ1v) is 9.23. The molecule has 0 unspecified atom stereocenters. The molecular weight excluding hydrogens is 364 g/mol. The predicted octanol–water partition coefficient (Wildman–Crippen LogP) is 4.43. The van der Waals surface area contributed by atoms with E-state index in [-0.39, 0.29) is 11.8 Å². The minimum atomic E-state index is -0.320. The van der Waals surface area contributed by atoms with Gasteiger partial charge in [0.25, 0.3) is 11.8 Å². The number of ether oxygens (including phenoxy) is 1. The molecule has 0 heterocycles. The van der Waals surface area contributed by atoms with Crippen LogP contribution >= 0.6 is 0 Å². The van der Waals surface area contributed by atoms with E-state index < -0.39 is 0 Å². The van der Waals surface area contributed by atoms with Crippen LogP contribution in [-0.2, 0) is 6.61 Å². The molecule has 0 spiro atoms. The van der Waals surface area contributed by atoms with E-state index in [2.05, 4.69) is 17.2 Å². The molecule has 0 aliphatic carbocycles. The number of carbonyl (C=O) groups is 2. The van der Waals surface area contributed by atoms with E-state index in [1.807, 2.05) is 30.3 Å². The Labute approximate surface area is 170 Å². The van der Waals surface area contributed by atoms with Gasteiger partial charge in [0.1, 0.15) is 12.4 Å². The van der Waals surface area contributed by atoms with E-state index in [0.29, 0.717) is 35.7 Å². The zero-order valence-corrected chi connectivity index (χ0v) is 15.9. The Morgan fingerprint density at radius 3 is 2.45 bits per heavy atom. The molecule has 0 saturated carbocycles. The maximum absolute atomic E-state index is 12.7. The fourth-order valence-electron chi connectivity index (χ4n) is 2.71. The zero-order valence-electron chi connectivity index (χ0n) is 15.9. The van der Waals surface area contributed by atoms with E-state index >= 15 is 0 Å². The van der Waals surface area contributed by atoms with Crippen LogP contribution in [0.15, 0.2) is 91.5 Å². The predicted molar refractivity (Wildman–Crippen MR) is 114 cm³/mol. The highest BCUT2D eigenvalue weighted by Gasteiger charge is 2.14. The molecule has 5 heteroatoms. The normalized spacial score (nSPS) is 10.1. The molecule has 5 nitrogen and oxygen atoms in total. The highest BCUT2D eigenvalue weighted by atomic mass is 16.5. The molecule has 0 bridgehead atoms. The summed E-state index contributed by atoms with van der Waals surface area (Å²) in [5.41, 5.74) is 2.31. The summed E-state index contributed by atoms with van der Waals surface area (Å²) in [5.74, 6) is -0.00149. The minimum absolute atomic E-state index is 0.277. The van der Waals surface area contributed by atoms with Crippen LogP contribution in [0.3, 0.4) is 0 Å². The number of rotatable bonds is 8. The van der Waals surface area contributed by atoms with Crippen molar-refractivity contribution in [1.82, 2.24) is 5.32 Å². The molecule has 0 atom stereocenters. The summed E-state index contributed by atoms with van der Waals surface area (Å²) >= 11 is 0. The molecule has 2 N–H and O–H groups in total. The molecule has 0 aliphatic rings. The fourth-order valence-corrected chi connectivity index (χ4v) is 2.71. The van der Waals surface area contributed by atoms with E-state index in [1.165, 1.54) is 0 Å². The second kappa shape index (κ2) is 9.90. The highest BCUT2D eigenvalue weighted by molar-refractivity contribution is 6.09. The summed E-state index contributed by atoms with van der Waals surface area (Å²) in [7, 11) is 0. The molecule has 3 aromatic rings. The molecule has 0 aromatic heterocycles. The van der Waals surface area contributed by atoms with Gasteiger partial charge < -0.3 is 15.4 Å². The van der Waals surface area contributed by atoms with E-state index in [1.54, 1.807) is 54.6 Å². The summed E-state index contributed by atoms with van der Waals surface area (Å²) in [4.78, 5) is 25.0. The largest absolute Gasteiger partial charge is 0.489 e. The van der Waals surface area contributed by atoms with E-state index in [9.17, 15) is 9.59 Å². The zero-order chi connectivity index (χ0) is 20.5. The number of hydrogen-bond acceptors (Lipinski definition) is 3. The third-order valence-corrected chi connectivity index (χ3v) is 4.17. The molecular formula is C24H22N2O3. The quantitative estimate of drug-likeness (QED) is 0.563. The first kappa shape index (κ1) is 19.9. The average molecular weight is 386 g/mol. The molecule has 29 heavy (non-hydrogen) atoms. The number of hydrogen-bond donors (Lipinski definition) is 2. The molecule has 3 rings (SSSR count). The molecule has 0 radical (unpaired) electrons. The Balaban J connectivity index is 1.70. The smallest absolute Gasteiger partial charge is 0.255 e. The van der Waals surface area contributed by atoms with Crippen LogP contribution in [0.4, 0.5) is 5.69 Å². The molecule has 146 valence electrons. The van der Waals surface area contributed by atoms with Gasteiger partial charge >= 0.3 is 0 Å². The number of amides is 2. The topological polar surface area (TPSA) is 67.4 Å². The monoisotopic (exact) mass is 386 g/mol. The van der Waals surface area contributed by atoms with Gasteiger partial charge in [0, 0.05) is 12.1 Å². The lowest BCUT2D eigenvalue weighted by atomic mass is 10.1. The van der Waals surface area contributed by atoms with Gasteiger partial charge in [-0.25, -0.2) is 0 Å². The molecule has 3 aromatic carbocycles. The lowest BCUT2D eigenvalue weighted by Gasteiger charge is -2.12.